The molecule has 2 N–H and O–H groups in total. The van der Waals surface area contributed by atoms with Crippen molar-refractivity contribution in [3.05, 3.63) is 59.3 Å². The van der Waals surface area contributed by atoms with E-state index >= 15 is 0 Å². The van der Waals surface area contributed by atoms with Crippen LogP contribution in [-0.4, -0.2) is 74.2 Å². The predicted octanol–water partition coefficient (Wildman–Crippen LogP) is 3.63. The maximum absolute atomic E-state index is 12.7. The van der Waals surface area contributed by atoms with Crippen LogP contribution < -0.4 is 0 Å². The van der Waals surface area contributed by atoms with Gasteiger partial charge in [-0.2, -0.15) is 5.10 Å². The van der Waals surface area contributed by atoms with Gasteiger partial charge in [0.05, 0.1) is 16.8 Å². The molecule has 3 atom stereocenters. The van der Waals surface area contributed by atoms with Crippen molar-refractivity contribution < 1.29 is 10.2 Å². The first-order valence-electron chi connectivity index (χ1n) is 13.9. The average Bonchev–Trinajstić information content (AvgIpc) is 3.66. The molecule has 6 heteroatoms. The zero-order chi connectivity index (χ0) is 24.5. The molecule has 190 valence electrons. The lowest BCUT2D eigenvalue weighted by molar-refractivity contribution is -0.149. The maximum atomic E-state index is 12.7. The Morgan fingerprint density at radius 2 is 1.83 bits per heavy atom. The Kier molecular flexibility index (Phi) is 5.25. The summed E-state index contributed by atoms with van der Waals surface area (Å²) < 4.78 is 1.99. The van der Waals surface area contributed by atoms with Gasteiger partial charge in [-0.25, -0.2) is 0 Å². The van der Waals surface area contributed by atoms with Gasteiger partial charge < -0.3 is 15.1 Å². The number of nitrogens with zero attached hydrogens (tertiary/aromatic N) is 4. The first-order valence-corrected chi connectivity index (χ1v) is 13.9. The number of phenols is 1. The summed E-state index contributed by atoms with van der Waals surface area (Å²) in [5, 5.41) is 29.2. The van der Waals surface area contributed by atoms with Gasteiger partial charge in [0, 0.05) is 49.9 Å². The highest BCUT2D eigenvalue weighted by Gasteiger charge is 2.63. The summed E-state index contributed by atoms with van der Waals surface area (Å²) in [5.41, 5.74) is 3.85. The smallest absolute Gasteiger partial charge is 0.115 e. The van der Waals surface area contributed by atoms with E-state index in [1.807, 2.05) is 23.9 Å². The largest absolute Gasteiger partial charge is 0.508 e. The van der Waals surface area contributed by atoms with Crippen molar-refractivity contribution in [1.82, 2.24) is 19.6 Å². The van der Waals surface area contributed by atoms with Crippen molar-refractivity contribution >= 4 is 10.9 Å². The minimum Gasteiger partial charge on any atom is -0.508 e. The molecule has 3 heterocycles. The number of aryl methyl sites for hydroxylation is 1. The van der Waals surface area contributed by atoms with Crippen molar-refractivity contribution in [2.75, 3.05) is 32.7 Å². The Labute approximate surface area is 213 Å². The fourth-order valence-corrected chi connectivity index (χ4v) is 7.87. The maximum Gasteiger partial charge on any atom is 0.115 e. The highest BCUT2D eigenvalue weighted by atomic mass is 16.3. The van der Waals surface area contributed by atoms with Crippen LogP contribution in [0, 0.1) is 5.92 Å². The Morgan fingerprint density at radius 3 is 2.69 bits per heavy atom. The Hall–Kier alpha value is -2.41. The topological polar surface area (TPSA) is 64.8 Å². The van der Waals surface area contributed by atoms with Crippen molar-refractivity contribution in [2.24, 2.45) is 13.0 Å². The quantitative estimate of drug-likeness (QED) is 0.577. The summed E-state index contributed by atoms with van der Waals surface area (Å²) in [6, 6.07) is 14.6. The molecule has 3 aromatic rings. The lowest BCUT2D eigenvalue weighted by atomic mass is 9.52. The molecule has 2 aliphatic heterocycles. The van der Waals surface area contributed by atoms with Crippen LogP contribution in [0.4, 0.5) is 0 Å². The minimum absolute atomic E-state index is 0.170. The number of piperidine rings is 1. The van der Waals surface area contributed by atoms with E-state index in [-0.39, 0.29) is 11.5 Å². The Balaban J connectivity index is 1.18. The molecule has 1 aromatic heterocycles. The molecule has 6 nitrogen and oxygen atoms in total. The summed E-state index contributed by atoms with van der Waals surface area (Å²) in [6.45, 7) is 5.02. The van der Waals surface area contributed by atoms with Crippen LogP contribution in [0.3, 0.4) is 0 Å². The number of aromatic hydroxyl groups is 1. The van der Waals surface area contributed by atoms with Crippen LogP contribution in [0.2, 0.25) is 0 Å². The fourth-order valence-electron chi connectivity index (χ4n) is 7.87. The molecule has 36 heavy (non-hydrogen) atoms. The number of rotatable bonds is 5. The lowest BCUT2D eigenvalue weighted by Gasteiger charge is -2.61. The fraction of sp³-hybridized carbons (Fsp3) is 0.567. The van der Waals surface area contributed by atoms with Gasteiger partial charge in [-0.1, -0.05) is 24.3 Å². The number of para-hydroxylation sites is 1. The molecule has 0 spiro atoms. The first-order chi connectivity index (χ1) is 17.5. The van der Waals surface area contributed by atoms with Crippen molar-refractivity contribution in [1.29, 1.82) is 0 Å². The van der Waals surface area contributed by atoms with Crippen molar-refractivity contribution in [3.63, 3.8) is 0 Å². The Bertz CT molecular complexity index is 1300. The third-order valence-corrected chi connectivity index (χ3v) is 10.0. The summed E-state index contributed by atoms with van der Waals surface area (Å²) in [7, 11) is 2.03. The lowest BCUT2D eigenvalue weighted by Crippen LogP contribution is -2.71. The van der Waals surface area contributed by atoms with Gasteiger partial charge in [-0.05, 0) is 86.9 Å². The zero-order valence-electron chi connectivity index (χ0n) is 21.4. The van der Waals surface area contributed by atoms with Gasteiger partial charge in [0.25, 0.3) is 0 Å². The number of likely N-dealkylation sites (tertiary alicyclic amines) is 2. The van der Waals surface area contributed by atoms with Gasteiger partial charge >= 0.3 is 0 Å². The van der Waals surface area contributed by atoms with Gasteiger partial charge in [0.15, 0.2) is 0 Å². The molecular formula is C30H38N4O2. The second-order valence-electron chi connectivity index (χ2n) is 11.9. The predicted molar refractivity (Wildman–Crippen MR) is 141 cm³/mol. The monoisotopic (exact) mass is 486 g/mol. The number of benzene rings is 2. The normalized spacial score (nSPS) is 30.7. The third kappa shape index (κ3) is 3.45. The minimum atomic E-state index is -0.757. The summed E-state index contributed by atoms with van der Waals surface area (Å²) >= 11 is 0. The van der Waals surface area contributed by atoms with Gasteiger partial charge in [0.1, 0.15) is 5.75 Å². The third-order valence-electron chi connectivity index (χ3n) is 10.0. The average molecular weight is 487 g/mol. The van der Waals surface area contributed by atoms with Crippen LogP contribution in [0.25, 0.3) is 10.9 Å². The molecule has 7 rings (SSSR count). The molecular weight excluding hydrogens is 448 g/mol. The van der Waals surface area contributed by atoms with Crippen LogP contribution in [0.15, 0.2) is 42.5 Å². The molecule has 4 aliphatic rings. The van der Waals surface area contributed by atoms with E-state index in [2.05, 4.69) is 40.1 Å². The van der Waals surface area contributed by atoms with Gasteiger partial charge in [-0.15, -0.1) is 0 Å². The number of aromatic nitrogens is 2. The standard InChI is InChI=1S/C30H38N4O2/c1-32-27-5-3-2-4-24(27)26(31-32)10-14-33-15-11-29-12-17-34(20-21-6-7-21)28(30(29,36)13-16-33)18-22-8-9-23(35)19-25(22)29/h2-5,8-9,19,21,28,35-36H,6-7,10-18,20H2,1H3/t28-,29+,30-/m1/s1. The van der Waals surface area contributed by atoms with Crippen LogP contribution in [0.5, 0.6) is 5.75 Å². The van der Waals surface area contributed by atoms with Crippen molar-refractivity contribution in [2.45, 2.75) is 62.0 Å². The molecule has 0 amide bonds. The Morgan fingerprint density at radius 1 is 1.03 bits per heavy atom. The van der Waals surface area contributed by atoms with Crippen molar-refractivity contribution in [3.8, 4) is 5.75 Å². The summed E-state index contributed by atoms with van der Waals surface area (Å²) in [4.78, 5) is 5.18. The molecule has 1 saturated carbocycles. The van der Waals surface area contributed by atoms with E-state index in [1.54, 1.807) is 0 Å². The second-order valence-corrected chi connectivity index (χ2v) is 11.9. The molecule has 0 radical (unpaired) electrons. The highest BCUT2D eigenvalue weighted by Crippen LogP contribution is 2.56. The van der Waals surface area contributed by atoms with Crippen LogP contribution >= 0.6 is 0 Å². The highest BCUT2D eigenvalue weighted by molar-refractivity contribution is 5.81. The SMILES string of the molecule is Cn1nc(CCN2CC[C@]34CCN(CC5CC5)[C@H](Cc5ccc(O)cc53)[C@]4(O)CC2)c2ccccc21. The van der Waals surface area contributed by atoms with E-state index < -0.39 is 5.60 Å². The summed E-state index contributed by atoms with van der Waals surface area (Å²) in [6.07, 6.45) is 7.19. The number of phenolic OH excluding ortho intramolecular Hbond substituents is 1. The zero-order valence-corrected chi connectivity index (χ0v) is 21.4. The number of hydrogen-bond acceptors (Lipinski definition) is 5. The molecule has 3 fully saturated rings. The van der Waals surface area contributed by atoms with Crippen LogP contribution in [-0.2, 0) is 25.3 Å². The van der Waals surface area contributed by atoms with E-state index in [0.717, 1.165) is 76.4 Å². The molecule has 2 aromatic carbocycles. The molecule has 2 bridgehead atoms. The van der Waals surface area contributed by atoms with Gasteiger partial charge in [-0.3, -0.25) is 9.58 Å². The number of aliphatic hydroxyl groups is 1. The second kappa shape index (κ2) is 8.30. The van der Waals surface area contributed by atoms with E-state index in [1.165, 1.54) is 34.9 Å². The van der Waals surface area contributed by atoms with Crippen LogP contribution in [0.1, 0.15) is 48.9 Å². The molecule has 0 unspecified atom stereocenters. The first kappa shape index (κ1) is 22.8. The van der Waals surface area contributed by atoms with E-state index in [9.17, 15) is 10.2 Å². The number of hydrogen-bond donors (Lipinski definition) is 2. The van der Waals surface area contributed by atoms with E-state index in [0.29, 0.717) is 5.75 Å². The molecule has 2 saturated heterocycles. The summed E-state index contributed by atoms with van der Waals surface area (Å²) in [5.74, 6) is 1.14. The number of fused-ring (bicyclic) bond motifs is 2. The van der Waals surface area contributed by atoms with Gasteiger partial charge in [0.2, 0.25) is 0 Å². The molecule has 2 aliphatic carbocycles. The van der Waals surface area contributed by atoms with E-state index in [4.69, 9.17) is 5.10 Å².